The summed E-state index contributed by atoms with van der Waals surface area (Å²) >= 11 is 6.97. The van der Waals surface area contributed by atoms with Crippen molar-refractivity contribution >= 4 is 44.3 Å². The fourth-order valence-electron chi connectivity index (χ4n) is 1.93. The van der Waals surface area contributed by atoms with Gasteiger partial charge in [-0.1, -0.05) is 0 Å². The van der Waals surface area contributed by atoms with Crippen LogP contribution in [0.2, 0.25) is 0 Å². The van der Waals surface area contributed by atoms with Gasteiger partial charge in [0.2, 0.25) is 0 Å². The summed E-state index contributed by atoms with van der Waals surface area (Å²) in [7, 11) is 0. The second-order valence-corrected chi connectivity index (χ2v) is 5.94. The van der Waals surface area contributed by atoms with E-state index in [9.17, 15) is 0 Å². The lowest BCUT2D eigenvalue weighted by Crippen LogP contribution is -2.48. The highest BCUT2D eigenvalue weighted by atomic mass is 79.9. The molecule has 2 heterocycles. The molecule has 1 atom stereocenters. The zero-order valence-electron chi connectivity index (χ0n) is 9.62. The van der Waals surface area contributed by atoms with E-state index in [2.05, 4.69) is 54.0 Å². The summed E-state index contributed by atoms with van der Waals surface area (Å²) in [5.74, 6) is 0. The van der Waals surface area contributed by atoms with Crippen molar-refractivity contribution in [2.75, 3.05) is 19.6 Å². The van der Waals surface area contributed by atoms with E-state index < -0.39 is 0 Å². The predicted octanol–water partition coefficient (Wildman–Crippen LogP) is 2.82. The van der Waals surface area contributed by atoms with Gasteiger partial charge in [0.1, 0.15) is 0 Å². The van der Waals surface area contributed by atoms with Gasteiger partial charge in [-0.05, 0) is 44.8 Å². The number of hydrogen-bond acceptors (Lipinski definition) is 3. The van der Waals surface area contributed by atoms with Crippen molar-refractivity contribution in [3.63, 3.8) is 0 Å². The van der Waals surface area contributed by atoms with Gasteiger partial charge in [-0.15, -0.1) is 12.4 Å². The maximum atomic E-state index is 4.44. The second kappa shape index (κ2) is 7.04. The average Bonchev–Trinajstić information content (AvgIpc) is 2.22. The molecule has 0 bridgehead atoms. The predicted molar refractivity (Wildman–Crippen MR) is 79.6 cm³/mol. The zero-order valence-corrected chi connectivity index (χ0v) is 13.6. The standard InChI is InChI=1S/C11H15Br2N3.ClH/c1-8-6-16(3-2-14-8)7-11-10(13)4-9(12)5-15-11;/h4-5,8,14H,2-3,6-7H2,1H3;1H. The summed E-state index contributed by atoms with van der Waals surface area (Å²) in [5.41, 5.74) is 1.11. The van der Waals surface area contributed by atoms with Crippen LogP contribution < -0.4 is 5.32 Å². The fourth-order valence-corrected chi connectivity index (χ4v) is 3.04. The van der Waals surface area contributed by atoms with Crippen molar-refractivity contribution in [3.8, 4) is 0 Å². The molecule has 6 heteroatoms. The van der Waals surface area contributed by atoms with Crippen LogP contribution in [-0.4, -0.2) is 35.6 Å². The molecule has 1 aliphatic heterocycles. The number of aromatic nitrogens is 1. The highest BCUT2D eigenvalue weighted by Crippen LogP contribution is 2.21. The van der Waals surface area contributed by atoms with Crippen LogP contribution in [0.4, 0.5) is 0 Å². The first-order chi connectivity index (χ1) is 7.65. The van der Waals surface area contributed by atoms with Gasteiger partial charge in [0.15, 0.2) is 0 Å². The smallest absolute Gasteiger partial charge is 0.0686 e. The maximum absolute atomic E-state index is 4.44. The molecule has 0 saturated carbocycles. The molecule has 1 unspecified atom stereocenters. The lowest BCUT2D eigenvalue weighted by molar-refractivity contribution is 0.197. The molecule has 1 aromatic heterocycles. The minimum Gasteiger partial charge on any atom is -0.312 e. The van der Waals surface area contributed by atoms with E-state index >= 15 is 0 Å². The third kappa shape index (κ3) is 4.48. The Morgan fingerprint density at radius 3 is 2.94 bits per heavy atom. The first-order valence-electron chi connectivity index (χ1n) is 5.41. The Labute approximate surface area is 125 Å². The van der Waals surface area contributed by atoms with Gasteiger partial charge in [-0.3, -0.25) is 9.88 Å². The Kier molecular flexibility index (Phi) is 6.37. The number of pyridine rings is 1. The van der Waals surface area contributed by atoms with Gasteiger partial charge in [0.05, 0.1) is 5.69 Å². The third-order valence-corrected chi connectivity index (χ3v) is 3.83. The largest absolute Gasteiger partial charge is 0.312 e. The van der Waals surface area contributed by atoms with Crippen molar-refractivity contribution in [2.24, 2.45) is 0 Å². The van der Waals surface area contributed by atoms with Crippen molar-refractivity contribution in [1.29, 1.82) is 0 Å². The van der Waals surface area contributed by atoms with Gasteiger partial charge in [0.25, 0.3) is 0 Å². The van der Waals surface area contributed by atoms with Crippen LogP contribution in [0, 0.1) is 0 Å². The maximum Gasteiger partial charge on any atom is 0.0686 e. The van der Waals surface area contributed by atoms with Crippen LogP contribution in [0.25, 0.3) is 0 Å². The number of nitrogens with zero attached hydrogens (tertiary/aromatic N) is 2. The highest BCUT2D eigenvalue weighted by molar-refractivity contribution is 9.11. The molecule has 96 valence electrons. The monoisotopic (exact) mass is 383 g/mol. The molecule has 1 N–H and O–H groups in total. The van der Waals surface area contributed by atoms with Crippen molar-refractivity contribution in [1.82, 2.24) is 15.2 Å². The van der Waals surface area contributed by atoms with Crippen molar-refractivity contribution in [2.45, 2.75) is 19.5 Å². The van der Waals surface area contributed by atoms with Crippen LogP contribution >= 0.6 is 44.3 Å². The molecule has 1 saturated heterocycles. The molecule has 1 aliphatic rings. The van der Waals surface area contributed by atoms with Gasteiger partial charge in [0, 0.05) is 47.4 Å². The molecule has 3 nitrogen and oxygen atoms in total. The summed E-state index contributed by atoms with van der Waals surface area (Å²) in [6.07, 6.45) is 1.85. The van der Waals surface area contributed by atoms with Gasteiger partial charge in [-0.2, -0.15) is 0 Å². The number of rotatable bonds is 2. The molecule has 1 fully saturated rings. The SMILES string of the molecule is CC1CN(Cc2ncc(Br)cc2Br)CCN1.Cl. The summed E-state index contributed by atoms with van der Waals surface area (Å²) in [5, 5.41) is 3.44. The van der Waals surface area contributed by atoms with E-state index in [0.717, 1.165) is 40.8 Å². The lowest BCUT2D eigenvalue weighted by atomic mass is 10.2. The second-order valence-electron chi connectivity index (χ2n) is 4.17. The molecular formula is C11H16Br2ClN3. The number of piperazine rings is 1. The molecule has 0 spiro atoms. The lowest BCUT2D eigenvalue weighted by Gasteiger charge is -2.31. The van der Waals surface area contributed by atoms with Crippen LogP contribution in [0.5, 0.6) is 0 Å². The minimum absolute atomic E-state index is 0. The van der Waals surface area contributed by atoms with Crippen LogP contribution in [-0.2, 0) is 6.54 Å². The first-order valence-corrected chi connectivity index (χ1v) is 6.99. The Balaban J connectivity index is 0.00000144. The zero-order chi connectivity index (χ0) is 11.5. The van der Waals surface area contributed by atoms with Crippen LogP contribution in [0.3, 0.4) is 0 Å². The molecule has 1 aromatic rings. The number of hydrogen-bond donors (Lipinski definition) is 1. The van der Waals surface area contributed by atoms with E-state index in [1.807, 2.05) is 12.3 Å². The summed E-state index contributed by atoms with van der Waals surface area (Å²) < 4.78 is 2.09. The average molecular weight is 386 g/mol. The first kappa shape index (κ1) is 15.4. The van der Waals surface area contributed by atoms with Crippen molar-refractivity contribution in [3.05, 3.63) is 26.9 Å². The highest BCUT2D eigenvalue weighted by Gasteiger charge is 2.16. The normalized spacial score (nSPS) is 21.0. The van der Waals surface area contributed by atoms with Gasteiger partial charge in [-0.25, -0.2) is 0 Å². The molecule has 0 aromatic carbocycles. The third-order valence-electron chi connectivity index (χ3n) is 2.71. The Morgan fingerprint density at radius 1 is 1.53 bits per heavy atom. The van der Waals surface area contributed by atoms with E-state index in [4.69, 9.17) is 0 Å². The summed E-state index contributed by atoms with van der Waals surface area (Å²) in [6, 6.07) is 2.62. The van der Waals surface area contributed by atoms with E-state index in [1.54, 1.807) is 0 Å². The van der Waals surface area contributed by atoms with Gasteiger partial charge >= 0.3 is 0 Å². The Morgan fingerprint density at radius 2 is 2.29 bits per heavy atom. The molecule has 0 amide bonds. The quantitative estimate of drug-likeness (QED) is 0.849. The minimum atomic E-state index is 0. The molecule has 0 aliphatic carbocycles. The van der Waals surface area contributed by atoms with Gasteiger partial charge < -0.3 is 5.32 Å². The van der Waals surface area contributed by atoms with E-state index in [-0.39, 0.29) is 12.4 Å². The molecular weight excluding hydrogens is 369 g/mol. The van der Waals surface area contributed by atoms with Crippen LogP contribution in [0.1, 0.15) is 12.6 Å². The Bertz CT molecular complexity index is 376. The molecule has 0 radical (unpaired) electrons. The van der Waals surface area contributed by atoms with Crippen molar-refractivity contribution < 1.29 is 0 Å². The summed E-state index contributed by atoms with van der Waals surface area (Å²) in [6.45, 7) is 6.38. The fraction of sp³-hybridized carbons (Fsp3) is 0.545. The topological polar surface area (TPSA) is 28.2 Å². The van der Waals surface area contributed by atoms with E-state index in [1.165, 1.54) is 0 Å². The Hall–Kier alpha value is 0.320. The van der Waals surface area contributed by atoms with E-state index in [0.29, 0.717) is 6.04 Å². The molecule has 17 heavy (non-hydrogen) atoms. The number of halogens is 3. The number of nitrogens with one attached hydrogen (secondary N) is 1. The van der Waals surface area contributed by atoms with Crippen LogP contribution in [0.15, 0.2) is 21.2 Å². The summed E-state index contributed by atoms with van der Waals surface area (Å²) in [4.78, 5) is 6.87. The molecule has 2 rings (SSSR count).